The van der Waals surface area contributed by atoms with Crippen molar-refractivity contribution in [2.45, 2.75) is 63.8 Å². The monoisotopic (exact) mass is 241 g/mol. The highest BCUT2D eigenvalue weighted by Crippen LogP contribution is 2.38. The van der Waals surface area contributed by atoms with E-state index in [0.29, 0.717) is 12.1 Å². The highest BCUT2D eigenvalue weighted by Gasteiger charge is 2.44. The minimum absolute atomic E-state index is 0.0988. The van der Waals surface area contributed by atoms with Gasteiger partial charge in [0.2, 0.25) is 0 Å². The van der Waals surface area contributed by atoms with Gasteiger partial charge < -0.3 is 9.84 Å². The van der Waals surface area contributed by atoms with Crippen molar-refractivity contribution >= 4 is 5.97 Å². The Kier molecular flexibility index (Phi) is 3.73. The molecule has 2 aliphatic heterocycles. The van der Waals surface area contributed by atoms with Crippen molar-refractivity contribution in [3.8, 4) is 0 Å². The maximum absolute atomic E-state index is 11.6. The van der Waals surface area contributed by atoms with Crippen molar-refractivity contribution in [3.63, 3.8) is 0 Å². The first-order valence-electron chi connectivity index (χ1n) is 6.58. The van der Waals surface area contributed by atoms with Gasteiger partial charge in [0.05, 0.1) is 19.1 Å². The molecule has 2 fully saturated rings. The van der Waals surface area contributed by atoms with Crippen LogP contribution in [0.4, 0.5) is 0 Å². The van der Waals surface area contributed by atoms with Crippen LogP contribution in [0.1, 0.15) is 39.5 Å². The van der Waals surface area contributed by atoms with Crippen molar-refractivity contribution in [2.75, 3.05) is 7.11 Å². The lowest BCUT2D eigenvalue weighted by Gasteiger charge is -2.42. The molecule has 0 aromatic carbocycles. The SMILES string of the molecule is COC(=O)C(C)C(C)N1C2CCC1CC(O)C2. The van der Waals surface area contributed by atoms with E-state index in [-0.39, 0.29) is 24.0 Å². The van der Waals surface area contributed by atoms with Gasteiger partial charge in [0.25, 0.3) is 0 Å². The zero-order chi connectivity index (χ0) is 12.6. The van der Waals surface area contributed by atoms with Gasteiger partial charge in [0, 0.05) is 18.1 Å². The van der Waals surface area contributed by atoms with Gasteiger partial charge in [-0.3, -0.25) is 9.69 Å². The molecular formula is C13H23NO3. The van der Waals surface area contributed by atoms with E-state index in [4.69, 9.17) is 4.74 Å². The molecule has 2 heterocycles. The average Bonchev–Trinajstić information content (AvgIpc) is 2.58. The van der Waals surface area contributed by atoms with Crippen LogP contribution in [-0.2, 0) is 9.53 Å². The lowest BCUT2D eigenvalue weighted by molar-refractivity contribution is -0.148. The third kappa shape index (κ3) is 2.33. The second-order valence-corrected chi connectivity index (χ2v) is 5.51. The molecule has 4 unspecified atom stereocenters. The van der Waals surface area contributed by atoms with E-state index >= 15 is 0 Å². The van der Waals surface area contributed by atoms with Crippen molar-refractivity contribution in [2.24, 2.45) is 5.92 Å². The Labute approximate surface area is 103 Å². The second-order valence-electron chi connectivity index (χ2n) is 5.51. The van der Waals surface area contributed by atoms with Gasteiger partial charge in [-0.1, -0.05) is 6.92 Å². The molecule has 98 valence electrons. The van der Waals surface area contributed by atoms with Crippen LogP contribution >= 0.6 is 0 Å². The Balaban J connectivity index is 2.05. The number of esters is 1. The smallest absolute Gasteiger partial charge is 0.309 e. The Morgan fingerprint density at radius 2 is 1.82 bits per heavy atom. The van der Waals surface area contributed by atoms with E-state index in [1.54, 1.807) is 0 Å². The van der Waals surface area contributed by atoms with Crippen LogP contribution in [0.25, 0.3) is 0 Å². The van der Waals surface area contributed by atoms with Gasteiger partial charge in [-0.25, -0.2) is 0 Å². The van der Waals surface area contributed by atoms with Gasteiger partial charge in [-0.05, 0) is 32.6 Å². The Bertz CT molecular complexity index is 280. The normalized spacial score (nSPS) is 36.6. The molecule has 2 rings (SSSR count). The minimum Gasteiger partial charge on any atom is -0.469 e. The molecule has 4 atom stereocenters. The Hall–Kier alpha value is -0.610. The number of aliphatic hydroxyl groups excluding tert-OH is 1. The van der Waals surface area contributed by atoms with Crippen LogP contribution in [0.5, 0.6) is 0 Å². The molecule has 17 heavy (non-hydrogen) atoms. The summed E-state index contributed by atoms with van der Waals surface area (Å²) in [6.07, 6.45) is 3.87. The van der Waals surface area contributed by atoms with Crippen LogP contribution < -0.4 is 0 Å². The third-order valence-corrected chi connectivity index (χ3v) is 4.53. The molecule has 0 aromatic rings. The molecule has 0 radical (unpaired) electrons. The van der Waals surface area contributed by atoms with E-state index in [1.165, 1.54) is 7.11 Å². The number of nitrogens with zero attached hydrogens (tertiary/aromatic N) is 1. The quantitative estimate of drug-likeness (QED) is 0.754. The van der Waals surface area contributed by atoms with Crippen LogP contribution in [0.3, 0.4) is 0 Å². The molecule has 2 bridgehead atoms. The molecule has 0 spiro atoms. The summed E-state index contributed by atoms with van der Waals surface area (Å²) in [5.41, 5.74) is 0. The van der Waals surface area contributed by atoms with Gasteiger partial charge >= 0.3 is 5.97 Å². The van der Waals surface area contributed by atoms with E-state index < -0.39 is 0 Å². The molecule has 4 heteroatoms. The van der Waals surface area contributed by atoms with Crippen LogP contribution in [0.2, 0.25) is 0 Å². The molecule has 2 aliphatic rings. The fourth-order valence-electron chi connectivity index (χ4n) is 3.49. The number of carbonyl (C=O) groups is 1. The fraction of sp³-hybridized carbons (Fsp3) is 0.923. The van der Waals surface area contributed by atoms with Crippen molar-refractivity contribution in [1.29, 1.82) is 0 Å². The molecule has 0 amide bonds. The minimum atomic E-state index is -0.149. The van der Waals surface area contributed by atoms with Crippen LogP contribution in [0, 0.1) is 5.92 Å². The summed E-state index contributed by atoms with van der Waals surface area (Å²) < 4.78 is 4.82. The Morgan fingerprint density at radius 1 is 1.29 bits per heavy atom. The van der Waals surface area contributed by atoms with E-state index in [9.17, 15) is 9.90 Å². The lowest BCUT2D eigenvalue weighted by Crippen LogP contribution is -2.52. The zero-order valence-electron chi connectivity index (χ0n) is 10.9. The summed E-state index contributed by atoms with van der Waals surface area (Å²) in [6.45, 7) is 4.03. The second kappa shape index (κ2) is 4.94. The molecule has 2 saturated heterocycles. The third-order valence-electron chi connectivity index (χ3n) is 4.53. The summed E-state index contributed by atoms with van der Waals surface area (Å²) >= 11 is 0. The number of hydrogen-bond donors (Lipinski definition) is 1. The first kappa shape index (κ1) is 12.8. The predicted octanol–water partition coefficient (Wildman–Crippen LogP) is 1.17. The van der Waals surface area contributed by atoms with Gasteiger partial charge in [0.15, 0.2) is 0 Å². The van der Waals surface area contributed by atoms with E-state index in [2.05, 4.69) is 11.8 Å². The number of carbonyl (C=O) groups excluding carboxylic acids is 1. The first-order chi connectivity index (χ1) is 8.04. The molecule has 4 nitrogen and oxygen atoms in total. The van der Waals surface area contributed by atoms with Crippen LogP contribution in [0.15, 0.2) is 0 Å². The lowest BCUT2D eigenvalue weighted by atomic mass is 9.93. The maximum Gasteiger partial charge on any atom is 0.309 e. The standard InChI is InChI=1S/C13H23NO3/c1-8(13(16)17-3)9(2)14-10-4-5-11(14)7-12(15)6-10/h8-12,15H,4-7H2,1-3H3. The summed E-state index contributed by atoms with van der Waals surface area (Å²) in [5.74, 6) is -0.235. The summed E-state index contributed by atoms with van der Waals surface area (Å²) in [6, 6.07) is 1.10. The van der Waals surface area contributed by atoms with Crippen LogP contribution in [-0.4, -0.2) is 47.3 Å². The van der Waals surface area contributed by atoms with Gasteiger partial charge in [0.1, 0.15) is 0 Å². The number of ether oxygens (including phenoxy) is 1. The van der Waals surface area contributed by atoms with E-state index in [1.807, 2.05) is 6.92 Å². The maximum atomic E-state index is 11.6. The summed E-state index contributed by atoms with van der Waals surface area (Å²) in [5, 5.41) is 9.77. The summed E-state index contributed by atoms with van der Waals surface area (Å²) in [4.78, 5) is 14.0. The largest absolute Gasteiger partial charge is 0.469 e. The summed E-state index contributed by atoms with van der Waals surface area (Å²) in [7, 11) is 1.44. The highest BCUT2D eigenvalue weighted by atomic mass is 16.5. The van der Waals surface area contributed by atoms with Gasteiger partial charge in [-0.15, -0.1) is 0 Å². The number of piperidine rings is 1. The average molecular weight is 241 g/mol. The highest BCUT2D eigenvalue weighted by molar-refractivity contribution is 5.72. The van der Waals surface area contributed by atoms with Crippen molar-refractivity contribution in [3.05, 3.63) is 0 Å². The molecular weight excluding hydrogens is 218 g/mol. The first-order valence-corrected chi connectivity index (χ1v) is 6.58. The topological polar surface area (TPSA) is 49.8 Å². The molecule has 1 N–H and O–H groups in total. The Morgan fingerprint density at radius 3 is 2.29 bits per heavy atom. The number of rotatable bonds is 3. The number of methoxy groups -OCH3 is 1. The van der Waals surface area contributed by atoms with Gasteiger partial charge in [-0.2, -0.15) is 0 Å². The molecule has 0 aromatic heterocycles. The zero-order valence-corrected chi connectivity index (χ0v) is 10.9. The number of hydrogen-bond acceptors (Lipinski definition) is 4. The number of fused-ring (bicyclic) bond motifs is 2. The number of aliphatic hydroxyl groups is 1. The van der Waals surface area contributed by atoms with Crippen molar-refractivity contribution < 1.29 is 14.6 Å². The van der Waals surface area contributed by atoms with E-state index in [0.717, 1.165) is 25.7 Å². The molecule has 0 saturated carbocycles. The predicted molar refractivity (Wildman–Crippen MR) is 64.5 cm³/mol. The fourth-order valence-corrected chi connectivity index (χ4v) is 3.49. The molecule has 0 aliphatic carbocycles. The van der Waals surface area contributed by atoms with Crippen molar-refractivity contribution in [1.82, 2.24) is 4.90 Å².